The molecule has 0 aliphatic heterocycles. The summed E-state index contributed by atoms with van der Waals surface area (Å²) in [7, 11) is 0. The van der Waals surface area contributed by atoms with Crippen LogP contribution in [0.3, 0.4) is 0 Å². The Morgan fingerprint density at radius 1 is 1.50 bits per heavy atom. The van der Waals surface area contributed by atoms with Crippen molar-refractivity contribution in [1.29, 1.82) is 5.26 Å². The maximum atomic E-state index is 13.4. The van der Waals surface area contributed by atoms with Gasteiger partial charge in [0.2, 0.25) is 0 Å². The maximum Gasteiger partial charge on any atom is 0.127 e. The highest BCUT2D eigenvalue weighted by Gasteiger charge is 2.11. The van der Waals surface area contributed by atoms with Crippen LogP contribution in [0.1, 0.15) is 25.0 Å². The number of benzene rings is 1. The first kappa shape index (κ1) is 13.0. The molecule has 0 aliphatic rings. The summed E-state index contributed by atoms with van der Waals surface area (Å²) < 4.78 is 13.4. The Balaban J connectivity index is 2.64. The lowest BCUT2D eigenvalue weighted by molar-refractivity contribution is 0.590. The van der Waals surface area contributed by atoms with Gasteiger partial charge in [-0.1, -0.05) is 0 Å². The van der Waals surface area contributed by atoms with Crippen LogP contribution in [0.2, 0.25) is 0 Å². The van der Waals surface area contributed by atoms with E-state index in [0.29, 0.717) is 16.9 Å². The average molecular weight is 238 g/mol. The van der Waals surface area contributed by atoms with E-state index in [4.69, 9.17) is 11.0 Å². The molecule has 0 heterocycles. The monoisotopic (exact) mass is 238 g/mol. The van der Waals surface area contributed by atoms with Gasteiger partial charge in [-0.25, -0.2) is 4.39 Å². The highest BCUT2D eigenvalue weighted by molar-refractivity contribution is 7.98. The standard InChI is InChI=1S/C12H15FN2S/c1-12(2,15)8-16-7-10-5-9(6-14)3-4-11(10)13/h3-5H,7-8,15H2,1-2H3. The number of nitrogens with zero attached hydrogens (tertiary/aromatic N) is 1. The SMILES string of the molecule is CC(C)(N)CSCc1cc(C#N)ccc1F. The van der Waals surface area contributed by atoms with Gasteiger partial charge in [-0.3, -0.25) is 0 Å². The summed E-state index contributed by atoms with van der Waals surface area (Å²) in [5, 5.41) is 8.71. The van der Waals surface area contributed by atoms with Crippen LogP contribution < -0.4 is 5.73 Å². The summed E-state index contributed by atoms with van der Waals surface area (Å²) in [6.45, 7) is 3.87. The molecule has 0 bridgehead atoms. The fourth-order valence-electron chi connectivity index (χ4n) is 1.18. The zero-order chi connectivity index (χ0) is 12.2. The molecular formula is C12H15FN2S. The van der Waals surface area contributed by atoms with Crippen LogP contribution in [-0.2, 0) is 5.75 Å². The largest absolute Gasteiger partial charge is 0.325 e. The second-order valence-corrected chi connectivity index (χ2v) is 5.38. The van der Waals surface area contributed by atoms with Crippen LogP contribution in [0, 0.1) is 17.1 Å². The fraction of sp³-hybridized carbons (Fsp3) is 0.417. The number of halogens is 1. The third-order valence-electron chi connectivity index (χ3n) is 1.91. The lowest BCUT2D eigenvalue weighted by Crippen LogP contribution is -2.34. The average Bonchev–Trinajstić information content (AvgIpc) is 2.19. The lowest BCUT2D eigenvalue weighted by atomic mass is 10.1. The van der Waals surface area contributed by atoms with Crippen molar-refractivity contribution in [3.8, 4) is 6.07 Å². The van der Waals surface area contributed by atoms with Crippen LogP contribution >= 0.6 is 11.8 Å². The molecule has 2 nitrogen and oxygen atoms in total. The summed E-state index contributed by atoms with van der Waals surface area (Å²) >= 11 is 1.57. The van der Waals surface area contributed by atoms with Gasteiger partial charge in [-0.2, -0.15) is 17.0 Å². The summed E-state index contributed by atoms with van der Waals surface area (Å²) in [6.07, 6.45) is 0. The summed E-state index contributed by atoms with van der Waals surface area (Å²) in [5.74, 6) is 1.03. The van der Waals surface area contributed by atoms with Crippen molar-refractivity contribution in [1.82, 2.24) is 0 Å². The molecule has 0 spiro atoms. The van der Waals surface area contributed by atoms with Crippen molar-refractivity contribution in [2.24, 2.45) is 5.73 Å². The zero-order valence-electron chi connectivity index (χ0n) is 9.46. The van der Waals surface area contributed by atoms with Crippen LogP contribution in [0.4, 0.5) is 4.39 Å². The number of hydrogen-bond donors (Lipinski definition) is 1. The number of nitrogens with two attached hydrogens (primary N) is 1. The molecule has 0 saturated heterocycles. The van der Waals surface area contributed by atoms with Gasteiger partial charge in [-0.15, -0.1) is 0 Å². The summed E-state index contributed by atoms with van der Waals surface area (Å²) in [4.78, 5) is 0. The van der Waals surface area contributed by atoms with Gasteiger partial charge < -0.3 is 5.73 Å². The van der Waals surface area contributed by atoms with Crippen molar-refractivity contribution in [3.63, 3.8) is 0 Å². The molecule has 4 heteroatoms. The third kappa shape index (κ3) is 4.21. The molecule has 0 amide bonds. The number of thioether (sulfide) groups is 1. The second kappa shape index (κ2) is 5.33. The number of rotatable bonds is 4. The first-order chi connectivity index (χ1) is 7.42. The third-order valence-corrected chi connectivity index (χ3v) is 3.37. The first-order valence-electron chi connectivity index (χ1n) is 4.97. The van der Waals surface area contributed by atoms with E-state index in [9.17, 15) is 4.39 Å². The predicted molar refractivity (Wildman–Crippen MR) is 65.5 cm³/mol. The molecule has 0 aromatic heterocycles. The Bertz CT molecular complexity index is 404. The highest BCUT2D eigenvalue weighted by atomic mass is 32.2. The number of nitriles is 1. The van der Waals surface area contributed by atoms with Gasteiger partial charge in [0.1, 0.15) is 5.82 Å². The zero-order valence-corrected chi connectivity index (χ0v) is 10.3. The molecule has 86 valence electrons. The smallest absolute Gasteiger partial charge is 0.127 e. The maximum absolute atomic E-state index is 13.4. The summed E-state index contributed by atoms with van der Waals surface area (Å²) in [5.41, 5.74) is 6.62. The van der Waals surface area contributed by atoms with Gasteiger partial charge in [0.15, 0.2) is 0 Å². The molecule has 0 fully saturated rings. The molecule has 1 rings (SSSR count). The van der Waals surface area contributed by atoms with Crippen LogP contribution in [-0.4, -0.2) is 11.3 Å². The van der Waals surface area contributed by atoms with E-state index >= 15 is 0 Å². The van der Waals surface area contributed by atoms with Gasteiger partial charge in [0, 0.05) is 17.0 Å². The van der Waals surface area contributed by atoms with E-state index in [0.717, 1.165) is 5.75 Å². The topological polar surface area (TPSA) is 49.8 Å². The van der Waals surface area contributed by atoms with Crippen molar-refractivity contribution in [2.75, 3.05) is 5.75 Å². The van der Waals surface area contributed by atoms with Crippen molar-refractivity contribution in [2.45, 2.75) is 25.1 Å². The van der Waals surface area contributed by atoms with Crippen LogP contribution in [0.5, 0.6) is 0 Å². The molecule has 0 aliphatic carbocycles. The van der Waals surface area contributed by atoms with Crippen LogP contribution in [0.15, 0.2) is 18.2 Å². The minimum atomic E-state index is -0.263. The van der Waals surface area contributed by atoms with Gasteiger partial charge in [-0.05, 0) is 37.6 Å². The van der Waals surface area contributed by atoms with Crippen molar-refractivity contribution < 1.29 is 4.39 Å². The lowest BCUT2D eigenvalue weighted by Gasteiger charge is -2.17. The molecular weight excluding hydrogens is 223 g/mol. The molecule has 1 aromatic carbocycles. The van der Waals surface area contributed by atoms with Gasteiger partial charge >= 0.3 is 0 Å². The summed E-state index contributed by atoms with van der Waals surface area (Å²) in [6, 6.07) is 6.41. The minimum Gasteiger partial charge on any atom is -0.325 e. The predicted octanol–water partition coefficient (Wildman–Crippen LogP) is 2.67. The number of hydrogen-bond acceptors (Lipinski definition) is 3. The molecule has 1 aromatic rings. The molecule has 0 radical (unpaired) electrons. The Hall–Kier alpha value is -1.05. The fourth-order valence-corrected chi connectivity index (χ4v) is 2.25. The minimum absolute atomic E-state index is 0.256. The van der Waals surface area contributed by atoms with E-state index in [1.54, 1.807) is 17.8 Å². The first-order valence-corrected chi connectivity index (χ1v) is 6.13. The molecule has 0 unspecified atom stereocenters. The molecule has 0 saturated carbocycles. The van der Waals surface area contributed by atoms with Crippen LogP contribution in [0.25, 0.3) is 0 Å². The molecule has 16 heavy (non-hydrogen) atoms. The Morgan fingerprint density at radius 2 is 2.19 bits per heavy atom. The van der Waals surface area contributed by atoms with Crippen molar-refractivity contribution in [3.05, 3.63) is 35.1 Å². The molecule has 2 N–H and O–H groups in total. The quantitative estimate of drug-likeness (QED) is 0.877. The van der Waals surface area contributed by atoms with E-state index in [1.807, 2.05) is 19.9 Å². The van der Waals surface area contributed by atoms with Crippen molar-refractivity contribution >= 4 is 11.8 Å². The molecule has 0 atom stereocenters. The van der Waals surface area contributed by atoms with E-state index in [1.165, 1.54) is 12.1 Å². The van der Waals surface area contributed by atoms with E-state index < -0.39 is 0 Å². The van der Waals surface area contributed by atoms with Gasteiger partial charge in [0.25, 0.3) is 0 Å². The second-order valence-electron chi connectivity index (χ2n) is 4.40. The Morgan fingerprint density at radius 3 is 2.75 bits per heavy atom. The van der Waals surface area contributed by atoms with E-state index in [2.05, 4.69) is 0 Å². The van der Waals surface area contributed by atoms with E-state index in [-0.39, 0.29) is 11.4 Å². The Labute approximate surface area is 99.6 Å². The van der Waals surface area contributed by atoms with Gasteiger partial charge in [0.05, 0.1) is 11.6 Å². The Kier molecular flexibility index (Phi) is 4.34. The highest BCUT2D eigenvalue weighted by Crippen LogP contribution is 2.19. The normalized spacial score (nSPS) is 11.2.